The summed E-state index contributed by atoms with van der Waals surface area (Å²) in [6.07, 6.45) is 3.56. The molecule has 1 aromatic heterocycles. The highest BCUT2D eigenvalue weighted by Gasteiger charge is 2.39. The Kier molecular flexibility index (Phi) is 4.11. The number of ether oxygens (including phenoxy) is 1. The van der Waals surface area contributed by atoms with Gasteiger partial charge in [0.25, 0.3) is 5.91 Å². The Hall–Kier alpha value is -1.53. The van der Waals surface area contributed by atoms with Crippen LogP contribution in [0.1, 0.15) is 28.9 Å². The van der Waals surface area contributed by atoms with Crippen molar-refractivity contribution in [2.45, 2.75) is 38.0 Å². The minimum Gasteiger partial charge on any atom is -0.388 e. The van der Waals surface area contributed by atoms with E-state index in [1.807, 2.05) is 0 Å². The lowest BCUT2D eigenvalue weighted by Crippen LogP contribution is -2.44. The fraction of sp³-hybridized carbons (Fsp3) is 0.615. The van der Waals surface area contributed by atoms with Gasteiger partial charge >= 0.3 is 0 Å². The van der Waals surface area contributed by atoms with Gasteiger partial charge in [-0.05, 0) is 19.8 Å². The number of nitrogens with zero attached hydrogens (tertiary/aromatic N) is 3. The summed E-state index contributed by atoms with van der Waals surface area (Å²) in [6.45, 7) is 1.77. The van der Waals surface area contributed by atoms with E-state index < -0.39 is 6.10 Å². The van der Waals surface area contributed by atoms with Gasteiger partial charge in [0.05, 0.1) is 23.4 Å². The average Bonchev–Trinajstić information content (AvgIpc) is 2.78. The van der Waals surface area contributed by atoms with Crippen LogP contribution in [0, 0.1) is 6.92 Å². The summed E-state index contributed by atoms with van der Waals surface area (Å²) in [5.74, 6) is -0.168. The highest BCUT2D eigenvalue weighted by atomic mass is 16.5. The number of rotatable bonds is 3. The van der Waals surface area contributed by atoms with Crippen LogP contribution in [0.25, 0.3) is 0 Å². The predicted molar refractivity (Wildman–Crippen MR) is 68.7 cm³/mol. The summed E-state index contributed by atoms with van der Waals surface area (Å²) in [5.41, 5.74) is 1.11. The predicted octanol–water partition coefficient (Wildman–Crippen LogP) is 0.395. The van der Waals surface area contributed by atoms with E-state index in [2.05, 4.69) is 9.97 Å². The van der Waals surface area contributed by atoms with Gasteiger partial charge < -0.3 is 14.7 Å². The molecule has 2 rings (SSSR count). The molecule has 0 aromatic carbocycles. The molecule has 1 amide bonds. The van der Waals surface area contributed by atoms with E-state index in [0.717, 1.165) is 12.8 Å². The summed E-state index contributed by atoms with van der Waals surface area (Å²) in [7, 11) is 3.27. The molecule has 0 spiro atoms. The lowest BCUT2D eigenvalue weighted by Gasteiger charge is -2.28. The molecule has 19 heavy (non-hydrogen) atoms. The normalized spacial score (nSPS) is 26.4. The summed E-state index contributed by atoms with van der Waals surface area (Å²) in [6, 6.07) is -0.225. The van der Waals surface area contributed by atoms with Crippen LogP contribution in [0.3, 0.4) is 0 Å². The molecule has 1 aromatic rings. The second-order valence-corrected chi connectivity index (χ2v) is 4.85. The van der Waals surface area contributed by atoms with E-state index in [0.29, 0.717) is 11.3 Å². The van der Waals surface area contributed by atoms with E-state index in [9.17, 15) is 9.90 Å². The van der Waals surface area contributed by atoms with Gasteiger partial charge in [-0.15, -0.1) is 0 Å². The first-order valence-corrected chi connectivity index (χ1v) is 6.31. The maximum atomic E-state index is 12.4. The molecule has 6 nitrogen and oxygen atoms in total. The standard InChI is InChI=1S/C13H19N3O3/c1-8-9(6-14-7-15-8)13(18)16(2)10-4-5-11(19-3)12(10)17/h6-7,10-12,17H,4-5H2,1-3H3/t10-,11-,12-/m1/s1. The number of carbonyl (C=O) groups excluding carboxylic acids is 1. The van der Waals surface area contributed by atoms with Crippen LogP contribution >= 0.6 is 0 Å². The number of carbonyl (C=O) groups is 1. The first-order valence-electron chi connectivity index (χ1n) is 6.31. The second-order valence-electron chi connectivity index (χ2n) is 4.85. The molecule has 1 saturated carbocycles. The van der Waals surface area contributed by atoms with Crippen molar-refractivity contribution in [2.24, 2.45) is 0 Å². The summed E-state index contributed by atoms with van der Waals surface area (Å²) >= 11 is 0. The Labute approximate surface area is 112 Å². The molecule has 0 bridgehead atoms. The van der Waals surface area contributed by atoms with Gasteiger partial charge in [0.1, 0.15) is 12.4 Å². The van der Waals surface area contributed by atoms with Gasteiger partial charge in [-0.25, -0.2) is 9.97 Å². The molecule has 1 N–H and O–H groups in total. The van der Waals surface area contributed by atoms with Crippen LogP contribution in [0.4, 0.5) is 0 Å². The van der Waals surface area contributed by atoms with E-state index in [-0.39, 0.29) is 18.1 Å². The van der Waals surface area contributed by atoms with Gasteiger partial charge in [-0.1, -0.05) is 0 Å². The van der Waals surface area contributed by atoms with Crippen molar-refractivity contribution in [2.75, 3.05) is 14.2 Å². The number of amides is 1. The number of aliphatic hydroxyl groups excluding tert-OH is 1. The fourth-order valence-corrected chi connectivity index (χ4v) is 2.55. The fourth-order valence-electron chi connectivity index (χ4n) is 2.55. The van der Waals surface area contributed by atoms with Gasteiger partial charge in [-0.2, -0.15) is 0 Å². The van der Waals surface area contributed by atoms with E-state index in [1.54, 1.807) is 26.0 Å². The highest BCUT2D eigenvalue weighted by Crippen LogP contribution is 2.27. The lowest BCUT2D eigenvalue weighted by molar-refractivity contribution is -0.0156. The van der Waals surface area contributed by atoms with Crippen molar-refractivity contribution in [3.05, 3.63) is 23.8 Å². The second kappa shape index (κ2) is 5.63. The van der Waals surface area contributed by atoms with Crippen LogP contribution in [0.5, 0.6) is 0 Å². The van der Waals surface area contributed by atoms with E-state index in [4.69, 9.17) is 4.74 Å². The molecule has 0 radical (unpaired) electrons. The minimum atomic E-state index is -0.649. The van der Waals surface area contributed by atoms with Gasteiger partial charge in [-0.3, -0.25) is 4.79 Å². The number of aryl methyl sites for hydroxylation is 1. The number of hydrogen-bond donors (Lipinski definition) is 1. The molecule has 104 valence electrons. The molecule has 1 fully saturated rings. The Bertz CT molecular complexity index is 466. The third-order valence-corrected chi connectivity index (χ3v) is 3.78. The molecular formula is C13H19N3O3. The van der Waals surface area contributed by atoms with Crippen LogP contribution in [-0.2, 0) is 4.74 Å². The van der Waals surface area contributed by atoms with Gasteiger partial charge in [0.15, 0.2) is 0 Å². The maximum Gasteiger partial charge on any atom is 0.257 e. The lowest BCUT2D eigenvalue weighted by atomic mass is 10.1. The third-order valence-electron chi connectivity index (χ3n) is 3.78. The molecule has 1 heterocycles. The SMILES string of the molecule is CO[C@@H]1CC[C@@H](N(C)C(=O)c2cncnc2C)[C@H]1O. The summed E-state index contributed by atoms with van der Waals surface area (Å²) in [4.78, 5) is 21.8. The number of aliphatic hydroxyl groups is 1. The van der Waals surface area contributed by atoms with Gasteiger partial charge in [0.2, 0.25) is 0 Å². The summed E-state index contributed by atoms with van der Waals surface area (Å²) in [5, 5.41) is 10.1. The number of hydrogen-bond acceptors (Lipinski definition) is 5. The quantitative estimate of drug-likeness (QED) is 0.856. The highest BCUT2D eigenvalue weighted by molar-refractivity contribution is 5.95. The van der Waals surface area contributed by atoms with Crippen molar-refractivity contribution in [1.82, 2.24) is 14.9 Å². The van der Waals surface area contributed by atoms with Crippen molar-refractivity contribution in [1.29, 1.82) is 0 Å². The average molecular weight is 265 g/mol. The Morgan fingerprint density at radius 3 is 2.84 bits per heavy atom. The first-order chi connectivity index (χ1) is 9.06. The minimum absolute atomic E-state index is 0.168. The topological polar surface area (TPSA) is 75.5 Å². The first kappa shape index (κ1) is 13.9. The molecule has 3 atom stereocenters. The van der Waals surface area contributed by atoms with Crippen LogP contribution in [-0.4, -0.2) is 58.3 Å². The van der Waals surface area contributed by atoms with Crippen molar-refractivity contribution >= 4 is 5.91 Å². The van der Waals surface area contributed by atoms with Crippen LogP contribution in [0.15, 0.2) is 12.5 Å². The van der Waals surface area contributed by atoms with E-state index in [1.165, 1.54) is 12.5 Å². The zero-order chi connectivity index (χ0) is 14.0. The molecule has 0 unspecified atom stereocenters. The molecule has 0 aliphatic heterocycles. The molecule has 1 aliphatic carbocycles. The smallest absolute Gasteiger partial charge is 0.257 e. The zero-order valence-electron chi connectivity index (χ0n) is 11.4. The Balaban J connectivity index is 2.14. The molecule has 6 heteroatoms. The van der Waals surface area contributed by atoms with Crippen molar-refractivity contribution < 1.29 is 14.6 Å². The summed E-state index contributed by atoms with van der Waals surface area (Å²) < 4.78 is 5.20. The number of aromatic nitrogens is 2. The monoisotopic (exact) mass is 265 g/mol. The molecule has 0 saturated heterocycles. The van der Waals surface area contributed by atoms with Crippen molar-refractivity contribution in [3.63, 3.8) is 0 Å². The number of likely N-dealkylation sites (N-methyl/N-ethyl adjacent to an activating group) is 1. The van der Waals surface area contributed by atoms with E-state index >= 15 is 0 Å². The number of methoxy groups -OCH3 is 1. The van der Waals surface area contributed by atoms with Crippen LogP contribution < -0.4 is 0 Å². The third kappa shape index (κ3) is 2.59. The largest absolute Gasteiger partial charge is 0.388 e. The molecular weight excluding hydrogens is 246 g/mol. The maximum absolute atomic E-state index is 12.4. The van der Waals surface area contributed by atoms with Crippen molar-refractivity contribution in [3.8, 4) is 0 Å². The zero-order valence-corrected chi connectivity index (χ0v) is 11.4. The van der Waals surface area contributed by atoms with Gasteiger partial charge in [0, 0.05) is 20.4 Å². The Morgan fingerprint density at radius 1 is 1.53 bits per heavy atom. The van der Waals surface area contributed by atoms with Crippen LogP contribution in [0.2, 0.25) is 0 Å². The molecule has 1 aliphatic rings. The Morgan fingerprint density at radius 2 is 2.26 bits per heavy atom.